The van der Waals surface area contributed by atoms with Crippen molar-refractivity contribution in [2.24, 2.45) is 0 Å². The number of anilines is 1. The van der Waals surface area contributed by atoms with Crippen LogP contribution < -0.4 is 10.6 Å². The molecule has 2 rings (SSSR count). The monoisotopic (exact) mass is 331 g/mol. The summed E-state index contributed by atoms with van der Waals surface area (Å²) in [4.78, 5) is 31.5. The van der Waals surface area contributed by atoms with Gasteiger partial charge in [-0.25, -0.2) is 14.8 Å². The lowest BCUT2D eigenvalue weighted by Gasteiger charge is -2.19. The molecule has 0 spiro atoms. The second-order valence-electron chi connectivity index (χ2n) is 6.10. The minimum Gasteiger partial charge on any atom is -0.444 e. The first-order chi connectivity index (χ1) is 11.3. The summed E-state index contributed by atoms with van der Waals surface area (Å²) in [6, 6.07) is 3.53. The van der Waals surface area contributed by atoms with E-state index in [1.54, 1.807) is 62.4 Å². The summed E-state index contributed by atoms with van der Waals surface area (Å²) in [5, 5.41) is 5.25. The van der Waals surface area contributed by atoms with Gasteiger partial charge in [0.05, 0.1) is 11.9 Å². The number of hydrogen-bond donors (Lipinski definition) is 2. The lowest BCUT2D eigenvalue weighted by atomic mass is 10.2. The number of ether oxygens (including phenoxy) is 1. The van der Waals surface area contributed by atoms with Gasteiger partial charge in [-0.2, -0.15) is 0 Å². The maximum atomic E-state index is 11.8. The second-order valence-corrected chi connectivity index (χ2v) is 6.10. The molecule has 0 unspecified atom stereocenters. The van der Waals surface area contributed by atoms with E-state index in [0.29, 0.717) is 11.5 Å². The van der Waals surface area contributed by atoms with Crippen LogP contribution in [-0.2, 0) is 9.53 Å². The third-order valence-corrected chi connectivity index (χ3v) is 2.82. The molecule has 0 aliphatic heterocycles. The van der Waals surface area contributed by atoms with Gasteiger partial charge in [-0.15, -0.1) is 0 Å². The van der Waals surface area contributed by atoms with E-state index in [1.807, 2.05) is 0 Å². The van der Waals surface area contributed by atoms with E-state index in [9.17, 15) is 9.59 Å². The van der Waals surface area contributed by atoms with Crippen LogP contribution >= 0.6 is 0 Å². The van der Waals surface area contributed by atoms with Crippen molar-refractivity contribution in [3.63, 3.8) is 0 Å². The highest BCUT2D eigenvalue weighted by Crippen LogP contribution is 2.10. The van der Waals surface area contributed by atoms with Crippen LogP contribution in [-0.4, -0.2) is 38.7 Å². The predicted molar refractivity (Wildman–Crippen MR) is 88.8 cm³/mol. The van der Waals surface area contributed by atoms with Gasteiger partial charge in [0, 0.05) is 25.4 Å². The van der Waals surface area contributed by atoms with E-state index >= 15 is 0 Å². The average molecular weight is 331 g/mol. The van der Waals surface area contributed by atoms with E-state index < -0.39 is 11.7 Å². The standard InChI is InChI=1S/C16H21N5O3/c1-16(2,3)24-15(23)18-7-6-14(22)20-12-4-5-13(19-10-12)21-9-8-17-11-21/h4-5,8-11H,6-7H2,1-3H3,(H,18,23)(H,20,22). The van der Waals surface area contributed by atoms with Crippen LogP contribution in [0.4, 0.5) is 10.5 Å². The molecule has 0 saturated heterocycles. The molecule has 0 atom stereocenters. The number of alkyl carbamates (subject to hydrolysis) is 1. The average Bonchev–Trinajstić information content (AvgIpc) is 3.00. The smallest absolute Gasteiger partial charge is 0.407 e. The normalized spacial score (nSPS) is 11.0. The van der Waals surface area contributed by atoms with Crippen LogP contribution in [0.3, 0.4) is 0 Å². The minimum absolute atomic E-state index is 0.141. The lowest BCUT2D eigenvalue weighted by molar-refractivity contribution is -0.116. The van der Waals surface area contributed by atoms with Crippen molar-refractivity contribution in [1.82, 2.24) is 19.9 Å². The van der Waals surface area contributed by atoms with Gasteiger partial charge < -0.3 is 15.4 Å². The van der Waals surface area contributed by atoms with Crippen molar-refractivity contribution < 1.29 is 14.3 Å². The Kier molecular flexibility index (Phi) is 5.51. The number of carbonyl (C=O) groups excluding carboxylic acids is 2. The van der Waals surface area contributed by atoms with Crippen LogP contribution in [0.15, 0.2) is 37.1 Å². The van der Waals surface area contributed by atoms with Crippen LogP contribution in [0.5, 0.6) is 0 Å². The Bertz CT molecular complexity index is 675. The quantitative estimate of drug-likeness (QED) is 0.874. The highest BCUT2D eigenvalue weighted by molar-refractivity contribution is 5.90. The summed E-state index contributed by atoms with van der Waals surface area (Å²) in [6.45, 7) is 5.53. The number of rotatable bonds is 5. The molecule has 2 aromatic heterocycles. The number of imidazole rings is 1. The summed E-state index contributed by atoms with van der Waals surface area (Å²) in [6.07, 6.45) is 6.25. The molecule has 2 heterocycles. The molecule has 128 valence electrons. The fourth-order valence-electron chi connectivity index (χ4n) is 1.82. The molecular weight excluding hydrogens is 310 g/mol. The van der Waals surface area contributed by atoms with Crippen molar-refractivity contribution >= 4 is 17.7 Å². The van der Waals surface area contributed by atoms with Gasteiger partial charge in [-0.05, 0) is 32.9 Å². The van der Waals surface area contributed by atoms with Gasteiger partial charge in [-0.3, -0.25) is 9.36 Å². The highest BCUT2D eigenvalue weighted by atomic mass is 16.6. The van der Waals surface area contributed by atoms with E-state index in [-0.39, 0.29) is 18.9 Å². The van der Waals surface area contributed by atoms with E-state index in [0.717, 1.165) is 0 Å². The Morgan fingerprint density at radius 1 is 1.29 bits per heavy atom. The SMILES string of the molecule is CC(C)(C)OC(=O)NCCC(=O)Nc1ccc(-n2ccnc2)nc1. The van der Waals surface area contributed by atoms with Gasteiger partial charge in [0.25, 0.3) is 0 Å². The molecule has 24 heavy (non-hydrogen) atoms. The molecule has 2 aromatic rings. The molecular formula is C16H21N5O3. The summed E-state index contributed by atoms with van der Waals surface area (Å²) in [5.41, 5.74) is 0.0239. The molecule has 0 fully saturated rings. The van der Waals surface area contributed by atoms with Crippen LogP contribution in [0.2, 0.25) is 0 Å². The first-order valence-corrected chi connectivity index (χ1v) is 7.54. The molecule has 0 saturated carbocycles. The topological polar surface area (TPSA) is 98.1 Å². The zero-order chi connectivity index (χ0) is 17.6. The van der Waals surface area contributed by atoms with Crippen molar-refractivity contribution in [3.8, 4) is 5.82 Å². The van der Waals surface area contributed by atoms with Crippen molar-refractivity contribution in [2.75, 3.05) is 11.9 Å². The first kappa shape index (κ1) is 17.5. The second kappa shape index (κ2) is 7.58. The highest BCUT2D eigenvalue weighted by Gasteiger charge is 2.15. The largest absolute Gasteiger partial charge is 0.444 e. The number of hydrogen-bond acceptors (Lipinski definition) is 5. The molecule has 0 bridgehead atoms. The van der Waals surface area contributed by atoms with Crippen molar-refractivity contribution in [2.45, 2.75) is 32.8 Å². The number of carbonyl (C=O) groups is 2. The van der Waals surface area contributed by atoms with Gasteiger partial charge in [0.2, 0.25) is 5.91 Å². The molecule has 2 amide bonds. The van der Waals surface area contributed by atoms with E-state index in [2.05, 4.69) is 20.6 Å². The van der Waals surface area contributed by atoms with Crippen molar-refractivity contribution in [1.29, 1.82) is 0 Å². The summed E-state index contributed by atoms with van der Waals surface area (Å²) >= 11 is 0. The third-order valence-electron chi connectivity index (χ3n) is 2.82. The van der Waals surface area contributed by atoms with Gasteiger partial charge in [0.1, 0.15) is 17.7 Å². The van der Waals surface area contributed by atoms with Gasteiger partial charge >= 0.3 is 6.09 Å². The number of aromatic nitrogens is 3. The van der Waals surface area contributed by atoms with Crippen LogP contribution in [0.25, 0.3) is 5.82 Å². The fraction of sp³-hybridized carbons (Fsp3) is 0.375. The molecule has 0 radical (unpaired) electrons. The van der Waals surface area contributed by atoms with E-state index in [1.165, 1.54) is 0 Å². The lowest BCUT2D eigenvalue weighted by Crippen LogP contribution is -2.34. The minimum atomic E-state index is -0.561. The number of amides is 2. The Balaban J connectivity index is 1.75. The predicted octanol–water partition coefficient (Wildman–Crippen LogP) is 2.12. The Labute approximate surface area is 140 Å². The van der Waals surface area contributed by atoms with Crippen molar-refractivity contribution in [3.05, 3.63) is 37.1 Å². The van der Waals surface area contributed by atoms with E-state index in [4.69, 9.17) is 4.74 Å². The zero-order valence-corrected chi connectivity index (χ0v) is 13.9. The first-order valence-electron chi connectivity index (χ1n) is 7.54. The summed E-state index contributed by atoms with van der Waals surface area (Å²) in [5.74, 6) is 0.486. The Hall–Kier alpha value is -2.90. The fourth-order valence-corrected chi connectivity index (χ4v) is 1.82. The maximum Gasteiger partial charge on any atom is 0.407 e. The number of pyridine rings is 1. The third kappa shape index (κ3) is 5.71. The molecule has 8 heteroatoms. The van der Waals surface area contributed by atoms with Gasteiger partial charge in [-0.1, -0.05) is 0 Å². The molecule has 0 aliphatic carbocycles. The molecule has 0 aliphatic rings. The number of nitrogens with zero attached hydrogens (tertiary/aromatic N) is 3. The Morgan fingerprint density at radius 2 is 2.08 bits per heavy atom. The zero-order valence-electron chi connectivity index (χ0n) is 13.9. The maximum absolute atomic E-state index is 11.8. The van der Waals surface area contributed by atoms with Crippen LogP contribution in [0, 0.1) is 0 Å². The molecule has 2 N–H and O–H groups in total. The summed E-state index contributed by atoms with van der Waals surface area (Å²) in [7, 11) is 0. The summed E-state index contributed by atoms with van der Waals surface area (Å²) < 4.78 is 6.85. The number of nitrogens with one attached hydrogen (secondary N) is 2. The Morgan fingerprint density at radius 3 is 2.67 bits per heavy atom. The van der Waals surface area contributed by atoms with Crippen LogP contribution in [0.1, 0.15) is 27.2 Å². The molecule has 0 aromatic carbocycles. The molecule has 8 nitrogen and oxygen atoms in total. The van der Waals surface area contributed by atoms with Gasteiger partial charge in [0.15, 0.2) is 0 Å².